The first-order valence-electron chi connectivity index (χ1n) is 8.92. The van der Waals surface area contributed by atoms with Gasteiger partial charge in [-0.3, -0.25) is 10.3 Å². The van der Waals surface area contributed by atoms with Gasteiger partial charge in [0.1, 0.15) is 11.5 Å². The molecule has 28 heavy (non-hydrogen) atoms. The van der Waals surface area contributed by atoms with Crippen molar-refractivity contribution in [3.05, 3.63) is 54.5 Å². The third kappa shape index (κ3) is 3.99. The minimum atomic E-state index is -0.295. The minimum Gasteiger partial charge on any atom is -0.338 e. The second-order valence-corrected chi connectivity index (χ2v) is 7.14. The van der Waals surface area contributed by atoms with Gasteiger partial charge in [-0.05, 0) is 37.6 Å². The van der Waals surface area contributed by atoms with Crippen LogP contribution in [0.5, 0.6) is 0 Å². The molecule has 4 rings (SSSR count). The van der Waals surface area contributed by atoms with Gasteiger partial charge in [-0.25, -0.2) is 9.78 Å². The molecule has 0 aliphatic carbocycles. The van der Waals surface area contributed by atoms with E-state index in [0.717, 1.165) is 35.5 Å². The van der Waals surface area contributed by atoms with Gasteiger partial charge in [0.2, 0.25) is 5.13 Å². The summed E-state index contributed by atoms with van der Waals surface area (Å²) in [5, 5.41) is 14.7. The zero-order valence-corrected chi connectivity index (χ0v) is 16.1. The van der Waals surface area contributed by atoms with Crippen molar-refractivity contribution in [2.75, 3.05) is 11.9 Å². The number of urea groups is 1. The van der Waals surface area contributed by atoms with Gasteiger partial charge in [0.15, 0.2) is 5.01 Å². The molecule has 0 saturated heterocycles. The number of aryl methyl sites for hydroxylation is 2. The predicted octanol–water partition coefficient (Wildman–Crippen LogP) is 3.47. The summed E-state index contributed by atoms with van der Waals surface area (Å²) in [6, 6.07) is 13.3. The molecule has 3 heterocycles. The summed E-state index contributed by atoms with van der Waals surface area (Å²) in [6.07, 6.45) is 2.49. The van der Waals surface area contributed by atoms with E-state index >= 15 is 0 Å². The smallest absolute Gasteiger partial charge is 0.321 e. The van der Waals surface area contributed by atoms with Crippen LogP contribution in [0.15, 0.2) is 48.7 Å². The number of nitrogens with one attached hydrogen (secondary N) is 2. The van der Waals surface area contributed by atoms with Gasteiger partial charge in [0.05, 0.1) is 11.0 Å². The van der Waals surface area contributed by atoms with Crippen molar-refractivity contribution in [1.82, 2.24) is 30.0 Å². The van der Waals surface area contributed by atoms with Gasteiger partial charge in [-0.15, -0.1) is 10.2 Å². The number of hydrogen-bond donors (Lipinski definition) is 2. The summed E-state index contributed by atoms with van der Waals surface area (Å²) in [6.45, 7) is 3.33. The molecule has 2 N–H and O–H groups in total. The van der Waals surface area contributed by atoms with Crippen LogP contribution in [-0.2, 0) is 6.54 Å². The Hall–Kier alpha value is -3.33. The number of aromatic nitrogens is 5. The van der Waals surface area contributed by atoms with E-state index in [9.17, 15) is 4.79 Å². The Morgan fingerprint density at radius 2 is 2.00 bits per heavy atom. The van der Waals surface area contributed by atoms with Crippen molar-refractivity contribution in [1.29, 1.82) is 0 Å². The fourth-order valence-electron chi connectivity index (χ4n) is 2.93. The van der Waals surface area contributed by atoms with Gasteiger partial charge in [-0.1, -0.05) is 29.5 Å². The zero-order valence-electron chi connectivity index (χ0n) is 15.3. The third-order valence-corrected chi connectivity index (χ3v) is 5.08. The molecule has 0 unspecified atom stereocenters. The van der Waals surface area contributed by atoms with E-state index in [0.29, 0.717) is 16.7 Å². The number of rotatable bonds is 6. The summed E-state index contributed by atoms with van der Waals surface area (Å²) in [7, 11) is 0. The largest absolute Gasteiger partial charge is 0.338 e. The van der Waals surface area contributed by atoms with Crippen molar-refractivity contribution < 1.29 is 4.79 Å². The Morgan fingerprint density at radius 1 is 1.14 bits per heavy atom. The van der Waals surface area contributed by atoms with Crippen LogP contribution in [-0.4, -0.2) is 37.3 Å². The lowest BCUT2D eigenvalue weighted by Gasteiger charge is -2.08. The molecule has 1 aromatic carbocycles. The Kier molecular flexibility index (Phi) is 5.24. The monoisotopic (exact) mass is 393 g/mol. The molecule has 2 amide bonds. The maximum absolute atomic E-state index is 12.1. The molecule has 0 fully saturated rings. The predicted molar refractivity (Wildman–Crippen MR) is 109 cm³/mol. The highest BCUT2D eigenvalue weighted by molar-refractivity contribution is 7.18. The second-order valence-electron chi connectivity index (χ2n) is 6.16. The minimum absolute atomic E-state index is 0.295. The van der Waals surface area contributed by atoms with Crippen LogP contribution in [0.2, 0.25) is 0 Å². The number of hydrogen-bond acceptors (Lipinski definition) is 6. The van der Waals surface area contributed by atoms with Crippen molar-refractivity contribution in [2.45, 2.75) is 19.9 Å². The molecular formula is C19H19N7OS. The van der Waals surface area contributed by atoms with Crippen LogP contribution in [0.1, 0.15) is 12.2 Å². The number of nitrogens with zero attached hydrogens (tertiary/aromatic N) is 5. The highest BCUT2D eigenvalue weighted by atomic mass is 32.1. The maximum Gasteiger partial charge on any atom is 0.321 e. The lowest BCUT2D eigenvalue weighted by Crippen LogP contribution is -2.30. The first-order chi connectivity index (χ1) is 13.7. The van der Waals surface area contributed by atoms with Crippen LogP contribution >= 0.6 is 11.3 Å². The molecule has 0 aliphatic rings. The fourth-order valence-corrected chi connectivity index (χ4v) is 3.64. The van der Waals surface area contributed by atoms with Gasteiger partial charge in [0.25, 0.3) is 0 Å². The lowest BCUT2D eigenvalue weighted by molar-refractivity contribution is 0.252. The zero-order chi connectivity index (χ0) is 19.3. The first kappa shape index (κ1) is 18.1. The number of fused-ring (bicyclic) bond motifs is 1. The van der Waals surface area contributed by atoms with E-state index in [1.807, 2.05) is 43.3 Å². The Labute approximate surface area is 165 Å². The van der Waals surface area contributed by atoms with Crippen molar-refractivity contribution in [3.8, 4) is 10.7 Å². The van der Waals surface area contributed by atoms with E-state index < -0.39 is 0 Å². The summed E-state index contributed by atoms with van der Waals surface area (Å²) in [4.78, 5) is 20.9. The van der Waals surface area contributed by atoms with E-state index in [1.54, 1.807) is 6.20 Å². The molecule has 0 spiro atoms. The summed E-state index contributed by atoms with van der Waals surface area (Å²) < 4.78 is 2.17. The van der Waals surface area contributed by atoms with Crippen molar-refractivity contribution >= 4 is 33.5 Å². The average Bonchev–Trinajstić information content (AvgIpc) is 3.30. The number of pyridine rings is 1. The lowest BCUT2D eigenvalue weighted by atomic mass is 10.3. The summed E-state index contributed by atoms with van der Waals surface area (Å²) in [5.41, 5.74) is 2.84. The SMILES string of the molecule is Cc1nc2ccccc2n1CCCNC(=O)Nc1nnc(-c2ccccn2)s1. The molecule has 0 radical (unpaired) electrons. The number of imidazole rings is 1. The van der Waals surface area contributed by atoms with Crippen LogP contribution in [0.25, 0.3) is 21.7 Å². The molecular weight excluding hydrogens is 374 g/mol. The third-order valence-electron chi connectivity index (χ3n) is 4.22. The standard InChI is InChI=1S/C19H19N7OS/c1-13-22-14-7-2-3-9-16(14)26(13)12-6-11-21-18(27)23-19-25-24-17(28-19)15-8-4-5-10-20-15/h2-5,7-10H,6,11-12H2,1H3,(H2,21,23,25,27). The maximum atomic E-state index is 12.1. The normalized spacial score (nSPS) is 10.9. The van der Waals surface area contributed by atoms with Gasteiger partial charge >= 0.3 is 6.03 Å². The number of carbonyl (C=O) groups is 1. The average molecular weight is 393 g/mol. The number of amides is 2. The molecule has 9 heteroatoms. The first-order valence-corrected chi connectivity index (χ1v) is 9.74. The number of carbonyl (C=O) groups excluding carboxylic acids is 1. The highest BCUT2D eigenvalue weighted by Crippen LogP contribution is 2.24. The molecule has 0 aliphatic heterocycles. The second kappa shape index (κ2) is 8.13. The van der Waals surface area contributed by atoms with Crippen LogP contribution in [0.3, 0.4) is 0 Å². The Morgan fingerprint density at radius 3 is 2.86 bits per heavy atom. The fraction of sp³-hybridized carbons (Fsp3) is 0.211. The number of benzene rings is 1. The van der Waals surface area contributed by atoms with Gasteiger partial charge < -0.3 is 9.88 Å². The van der Waals surface area contributed by atoms with Crippen LogP contribution in [0.4, 0.5) is 9.93 Å². The quantitative estimate of drug-likeness (QED) is 0.489. The molecule has 0 atom stereocenters. The number of anilines is 1. The Bertz CT molecular complexity index is 1090. The summed E-state index contributed by atoms with van der Waals surface area (Å²) in [5.74, 6) is 0.974. The topological polar surface area (TPSA) is 97.6 Å². The molecule has 8 nitrogen and oxygen atoms in total. The van der Waals surface area contributed by atoms with Crippen molar-refractivity contribution in [3.63, 3.8) is 0 Å². The van der Waals surface area contributed by atoms with E-state index in [-0.39, 0.29) is 6.03 Å². The van der Waals surface area contributed by atoms with Gasteiger partial charge in [0, 0.05) is 19.3 Å². The molecule has 4 aromatic rings. The summed E-state index contributed by atoms with van der Waals surface area (Å²) >= 11 is 1.29. The molecule has 142 valence electrons. The van der Waals surface area contributed by atoms with Crippen molar-refractivity contribution in [2.24, 2.45) is 0 Å². The van der Waals surface area contributed by atoms with E-state index in [4.69, 9.17) is 0 Å². The van der Waals surface area contributed by atoms with E-state index in [2.05, 4.69) is 41.4 Å². The van der Waals surface area contributed by atoms with Crippen LogP contribution < -0.4 is 10.6 Å². The molecule has 3 aromatic heterocycles. The molecule has 0 bridgehead atoms. The van der Waals surface area contributed by atoms with Crippen LogP contribution in [0, 0.1) is 6.92 Å². The van der Waals surface area contributed by atoms with Gasteiger partial charge in [-0.2, -0.15) is 0 Å². The highest BCUT2D eigenvalue weighted by Gasteiger charge is 2.10. The Balaban J connectivity index is 1.27. The molecule has 0 saturated carbocycles. The number of para-hydroxylation sites is 2. The van der Waals surface area contributed by atoms with E-state index in [1.165, 1.54) is 11.3 Å².